The van der Waals surface area contributed by atoms with Crippen molar-refractivity contribution in [2.45, 2.75) is 4.90 Å². The number of nitrogens with zero attached hydrogens (tertiary/aromatic N) is 1. The third kappa shape index (κ3) is 3.29. The highest BCUT2D eigenvalue weighted by atomic mass is 35.5. The van der Waals surface area contributed by atoms with Gasteiger partial charge in [-0.2, -0.15) is 0 Å². The molecule has 2 rings (SSSR count). The highest BCUT2D eigenvalue weighted by Crippen LogP contribution is 2.25. The van der Waals surface area contributed by atoms with Crippen LogP contribution in [0.3, 0.4) is 0 Å². The van der Waals surface area contributed by atoms with E-state index in [0.717, 1.165) is 30.5 Å². The molecule has 1 heterocycles. The molecule has 6 nitrogen and oxygen atoms in total. The Morgan fingerprint density at radius 2 is 2.05 bits per heavy atom. The maximum atomic E-state index is 13.4. The third-order valence-electron chi connectivity index (χ3n) is 2.48. The smallest absolute Gasteiger partial charge is 0.335 e. The van der Waals surface area contributed by atoms with Crippen molar-refractivity contribution in [3.05, 3.63) is 53.1 Å². The molecule has 0 aliphatic rings. The van der Waals surface area contributed by atoms with Crippen molar-refractivity contribution in [2.24, 2.45) is 0 Å². The van der Waals surface area contributed by atoms with Crippen LogP contribution in [0.4, 0.5) is 10.1 Å². The molecule has 1 aromatic heterocycles. The molecule has 110 valence electrons. The van der Waals surface area contributed by atoms with Crippen molar-refractivity contribution in [1.29, 1.82) is 0 Å². The second-order valence-corrected chi connectivity index (χ2v) is 5.97. The molecular weight excluding hydrogens is 323 g/mol. The quantitative estimate of drug-likeness (QED) is 0.897. The SMILES string of the molecule is O=C(O)c1ccc(Cl)c(S(=O)(=O)Nc2ccncc2F)c1. The van der Waals surface area contributed by atoms with Gasteiger partial charge in [0.25, 0.3) is 10.0 Å². The lowest BCUT2D eigenvalue weighted by molar-refractivity contribution is 0.0696. The molecule has 2 N–H and O–H groups in total. The summed E-state index contributed by atoms with van der Waals surface area (Å²) in [4.78, 5) is 13.9. The molecule has 0 aliphatic heterocycles. The number of benzene rings is 1. The summed E-state index contributed by atoms with van der Waals surface area (Å²) in [5.74, 6) is -2.18. The average Bonchev–Trinajstić information content (AvgIpc) is 2.41. The second kappa shape index (κ2) is 5.66. The van der Waals surface area contributed by atoms with E-state index in [1.54, 1.807) is 0 Å². The average molecular weight is 331 g/mol. The first kappa shape index (κ1) is 15.2. The van der Waals surface area contributed by atoms with E-state index in [9.17, 15) is 17.6 Å². The predicted molar refractivity (Wildman–Crippen MR) is 73.4 cm³/mol. The van der Waals surface area contributed by atoms with Crippen LogP contribution in [0, 0.1) is 5.82 Å². The van der Waals surface area contributed by atoms with Crippen molar-refractivity contribution in [3.63, 3.8) is 0 Å². The zero-order chi connectivity index (χ0) is 15.6. The van der Waals surface area contributed by atoms with Gasteiger partial charge >= 0.3 is 5.97 Å². The number of aromatic carboxylic acids is 1. The molecule has 0 amide bonds. The molecule has 1 aromatic carbocycles. The molecule has 0 atom stereocenters. The molecule has 0 spiro atoms. The number of aromatic nitrogens is 1. The Morgan fingerprint density at radius 3 is 2.67 bits per heavy atom. The normalized spacial score (nSPS) is 11.1. The van der Waals surface area contributed by atoms with Gasteiger partial charge in [0, 0.05) is 6.20 Å². The van der Waals surface area contributed by atoms with E-state index in [2.05, 4.69) is 4.98 Å². The van der Waals surface area contributed by atoms with E-state index < -0.39 is 26.7 Å². The largest absolute Gasteiger partial charge is 0.478 e. The summed E-state index contributed by atoms with van der Waals surface area (Å²) in [6, 6.07) is 4.33. The van der Waals surface area contributed by atoms with Crippen LogP contribution in [0.2, 0.25) is 5.02 Å². The first-order valence-corrected chi connectivity index (χ1v) is 7.32. The van der Waals surface area contributed by atoms with Crippen LogP contribution in [0.15, 0.2) is 41.6 Å². The van der Waals surface area contributed by atoms with Gasteiger partial charge in [0.1, 0.15) is 4.90 Å². The Morgan fingerprint density at radius 1 is 1.33 bits per heavy atom. The van der Waals surface area contributed by atoms with Crippen LogP contribution < -0.4 is 4.72 Å². The summed E-state index contributed by atoms with van der Waals surface area (Å²) in [7, 11) is -4.24. The van der Waals surface area contributed by atoms with Gasteiger partial charge in [-0.15, -0.1) is 0 Å². The molecule has 9 heteroatoms. The van der Waals surface area contributed by atoms with E-state index in [1.165, 1.54) is 6.20 Å². The number of sulfonamides is 1. The first-order valence-electron chi connectivity index (χ1n) is 5.46. The number of carbonyl (C=O) groups is 1. The van der Waals surface area contributed by atoms with Gasteiger partial charge in [-0.3, -0.25) is 9.71 Å². The number of hydrogen-bond donors (Lipinski definition) is 2. The monoisotopic (exact) mass is 330 g/mol. The Labute approximate surface area is 124 Å². The molecule has 0 fully saturated rings. The molecule has 0 saturated heterocycles. The minimum absolute atomic E-state index is 0.179. The minimum Gasteiger partial charge on any atom is -0.478 e. The number of pyridine rings is 1. The number of carboxylic acid groups (broad SMARTS) is 1. The predicted octanol–water partition coefficient (Wildman–Crippen LogP) is 2.37. The van der Waals surface area contributed by atoms with Crippen LogP contribution in [0.5, 0.6) is 0 Å². The van der Waals surface area contributed by atoms with Gasteiger partial charge in [-0.25, -0.2) is 17.6 Å². The summed E-state index contributed by atoms with van der Waals surface area (Å²) in [5, 5.41) is 8.69. The number of nitrogens with one attached hydrogen (secondary N) is 1. The Hall–Kier alpha value is -2.19. The van der Waals surface area contributed by atoms with Crippen molar-refractivity contribution in [3.8, 4) is 0 Å². The molecule has 0 unspecified atom stereocenters. The fraction of sp³-hybridized carbons (Fsp3) is 0. The summed E-state index contributed by atoms with van der Waals surface area (Å²) in [5.41, 5.74) is -0.572. The summed E-state index contributed by atoms with van der Waals surface area (Å²) in [6.07, 6.45) is 2.04. The topological polar surface area (TPSA) is 96.4 Å². The number of rotatable bonds is 4. The van der Waals surface area contributed by atoms with Crippen LogP contribution in [-0.4, -0.2) is 24.5 Å². The van der Waals surface area contributed by atoms with E-state index >= 15 is 0 Å². The second-order valence-electron chi connectivity index (χ2n) is 3.91. The van der Waals surface area contributed by atoms with Gasteiger partial charge in [0.2, 0.25) is 0 Å². The molecule has 0 saturated carbocycles. The third-order valence-corrected chi connectivity index (χ3v) is 4.33. The Balaban J connectivity index is 2.47. The van der Waals surface area contributed by atoms with Gasteiger partial charge in [0.15, 0.2) is 5.82 Å². The lowest BCUT2D eigenvalue weighted by Crippen LogP contribution is -2.15. The van der Waals surface area contributed by atoms with Gasteiger partial charge in [-0.1, -0.05) is 11.6 Å². The van der Waals surface area contributed by atoms with Gasteiger partial charge in [0.05, 0.1) is 22.5 Å². The van der Waals surface area contributed by atoms with Crippen LogP contribution in [0.25, 0.3) is 0 Å². The van der Waals surface area contributed by atoms with Crippen molar-refractivity contribution < 1.29 is 22.7 Å². The van der Waals surface area contributed by atoms with E-state index in [0.29, 0.717) is 0 Å². The molecule has 0 aliphatic carbocycles. The number of carboxylic acids is 1. The summed E-state index contributed by atoms with van der Waals surface area (Å²) in [6.45, 7) is 0. The highest BCUT2D eigenvalue weighted by molar-refractivity contribution is 7.92. The fourth-order valence-electron chi connectivity index (χ4n) is 1.50. The Kier molecular flexibility index (Phi) is 4.10. The van der Waals surface area contributed by atoms with E-state index in [4.69, 9.17) is 16.7 Å². The Bertz CT molecular complexity index is 811. The van der Waals surface area contributed by atoms with Crippen LogP contribution in [-0.2, 0) is 10.0 Å². The van der Waals surface area contributed by atoms with E-state index in [1.807, 2.05) is 4.72 Å². The molecule has 0 radical (unpaired) electrons. The van der Waals surface area contributed by atoms with E-state index in [-0.39, 0.29) is 16.3 Å². The van der Waals surface area contributed by atoms with Crippen molar-refractivity contribution in [1.82, 2.24) is 4.98 Å². The number of anilines is 1. The zero-order valence-corrected chi connectivity index (χ0v) is 11.8. The zero-order valence-electron chi connectivity index (χ0n) is 10.2. The number of hydrogen-bond acceptors (Lipinski definition) is 4. The fourth-order valence-corrected chi connectivity index (χ4v) is 3.09. The van der Waals surface area contributed by atoms with Crippen molar-refractivity contribution >= 4 is 33.3 Å². The minimum atomic E-state index is -4.24. The molecular formula is C12H8ClFN2O4S. The molecule has 0 bridgehead atoms. The maximum Gasteiger partial charge on any atom is 0.335 e. The van der Waals surface area contributed by atoms with Crippen LogP contribution >= 0.6 is 11.6 Å². The molecule has 2 aromatic rings. The number of halogens is 2. The maximum absolute atomic E-state index is 13.4. The lowest BCUT2D eigenvalue weighted by Gasteiger charge is -2.10. The lowest BCUT2D eigenvalue weighted by atomic mass is 10.2. The summed E-state index contributed by atoms with van der Waals surface area (Å²) < 4.78 is 39.8. The molecule has 21 heavy (non-hydrogen) atoms. The van der Waals surface area contributed by atoms with Gasteiger partial charge in [-0.05, 0) is 24.3 Å². The van der Waals surface area contributed by atoms with Crippen molar-refractivity contribution in [2.75, 3.05) is 4.72 Å². The van der Waals surface area contributed by atoms with Gasteiger partial charge < -0.3 is 5.11 Å². The standard InChI is InChI=1S/C12H8ClFN2O4S/c13-8-2-1-7(12(17)18)5-11(8)21(19,20)16-10-3-4-15-6-9(10)14/h1-6H,(H,15,16)(H,17,18). The highest BCUT2D eigenvalue weighted by Gasteiger charge is 2.21. The van der Waals surface area contributed by atoms with Crippen LogP contribution in [0.1, 0.15) is 10.4 Å². The summed E-state index contributed by atoms with van der Waals surface area (Å²) >= 11 is 5.77. The first-order chi connectivity index (χ1) is 9.81.